The first-order valence-electron chi connectivity index (χ1n) is 29.2. The Kier molecular flexibility index (Phi) is 11.9. The minimum atomic E-state index is -3.35. The van der Waals surface area contributed by atoms with Crippen LogP contribution in [0.25, 0.3) is 0 Å². The number of fused-ring (bicyclic) bond motifs is 6. The van der Waals surface area contributed by atoms with E-state index in [-0.39, 0.29) is 0 Å². The highest BCUT2D eigenvalue weighted by molar-refractivity contribution is 7.23. The van der Waals surface area contributed by atoms with Crippen LogP contribution in [-0.2, 0) is 0 Å². The Morgan fingerprint density at radius 3 is 0.631 bits per heavy atom. The smallest absolute Gasteiger partial charge is 0.184 e. The van der Waals surface area contributed by atoms with E-state index in [4.69, 9.17) is 0 Å². The van der Waals surface area contributed by atoms with Crippen molar-refractivity contribution in [2.45, 2.75) is 0 Å². The van der Waals surface area contributed by atoms with Crippen LogP contribution in [0.15, 0.2) is 346 Å². The SMILES string of the molecule is c1ccc(N2c3ccc(N4c5ccccc5[Si](c5ccccc5)(c5ccccc5)c5ccccc54)cc3[Si](c3ccccc3)(c3ccccc3)c3cc(N4c5ccccc5[Si](c5ccccc5)(c5ccccc5)c5ccccc54)ccc32)cc1. The van der Waals surface area contributed by atoms with Gasteiger partial charge < -0.3 is 14.7 Å². The van der Waals surface area contributed by atoms with Crippen molar-refractivity contribution in [2.24, 2.45) is 0 Å². The Morgan fingerprint density at radius 1 is 0.155 bits per heavy atom. The summed E-state index contributed by atoms with van der Waals surface area (Å²) in [5.74, 6) is 0. The molecule has 3 aliphatic rings. The summed E-state index contributed by atoms with van der Waals surface area (Å²) < 4.78 is 0. The summed E-state index contributed by atoms with van der Waals surface area (Å²) in [6.07, 6.45) is 0. The van der Waals surface area contributed by atoms with Crippen LogP contribution in [0.3, 0.4) is 0 Å². The van der Waals surface area contributed by atoms with Crippen molar-refractivity contribution in [3.63, 3.8) is 0 Å². The van der Waals surface area contributed by atoms with E-state index >= 15 is 0 Å². The second kappa shape index (κ2) is 20.1. The fourth-order valence-electron chi connectivity index (χ4n) is 15.0. The molecule has 3 nitrogen and oxygen atoms in total. The van der Waals surface area contributed by atoms with Crippen molar-refractivity contribution in [3.8, 4) is 0 Å². The molecule has 0 bridgehead atoms. The van der Waals surface area contributed by atoms with Gasteiger partial charge in [-0.1, -0.05) is 273 Å². The van der Waals surface area contributed by atoms with Crippen molar-refractivity contribution in [3.05, 3.63) is 346 Å². The van der Waals surface area contributed by atoms with Gasteiger partial charge in [0.05, 0.1) is 0 Å². The van der Waals surface area contributed by atoms with Crippen molar-refractivity contribution >= 4 is 138 Å². The van der Waals surface area contributed by atoms with E-state index in [1.165, 1.54) is 96.4 Å². The van der Waals surface area contributed by atoms with Crippen molar-refractivity contribution in [1.29, 1.82) is 0 Å². The average Bonchev–Trinajstić information content (AvgIpc) is 0.785. The van der Waals surface area contributed by atoms with Gasteiger partial charge in [0.25, 0.3) is 0 Å². The Balaban J connectivity index is 0.986. The largest absolute Gasteiger partial charge is 0.311 e. The molecule has 3 heterocycles. The minimum absolute atomic E-state index is 1.12. The number of anilines is 9. The fraction of sp³-hybridized carbons (Fsp3) is 0. The molecule has 396 valence electrons. The predicted molar refractivity (Wildman–Crippen MR) is 362 cm³/mol. The van der Waals surface area contributed by atoms with Gasteiger partial charge in [-0.25, -0.2) is 0 Å². The van der Waals surface area contributed by atoms with E-state index < -0.39 is 24.2 Å². The highest BCUT2D eigenvalue weighted by atomic mass is 28.3. The Hall–Kier alpha value is -10.1. The van der Waals surface area contributed by atoms with Crippen LogP contribution in [0.1, 0.15) is 0 Å². The van der Waals surface area contributed by atoms with Crippen LogP contribution in [0, 0.1) is 0 Å². The van der Waals surface area contributed by atoms with E-state index in [9.17, 15) is 0 Å². The summed E-state index contributed by atoms with van der Waals surface area (Å²) in [5, 5.41) is 16.3. The van der Waals surface area contributed by atoms with Crippen molar-refractivity contribution < 1.29 is 0 Å². The van der Waals surface area contributed by atoms with Gasteiger partial charge >= 0.3 is 0 Å². The normalized spacial score (nSPS) is 14.6. The maximum atomic E-state index is 2.60. The quantitative estimate of drug-likeness (QED) is 0.133. The third-order valence-corrected chi connectivity index (χ3v) is 32.8. The van der Waals surface area contributed by atoms with Gasteiger partial charge in [-0.3, -0.25) is 0 Å². The molecule has 0 unspecified atom stereocenters. The molecular weight excluding hydrogens is 1060 g/mol. The first kappa shape index (κ1) is 49.7. The summed E-state index contributed by atoms with van der Waals surface area (Å²) in [5.41, 5.74) is 10.6. The van der Waals surface area contributed by atoms with E-state index in [0.717, 1.165) is 17.1 Å². The fourth-order valence-corrected chi connectivity index (χ4v) is 30.3. The maximum Gasteiger partial charge on any atom is 0.184 e. The Bertz CT molecular complexity index is 4110. The number of hydrogen-bond donors (Lipinski definition) is 0. The summed E-state index contributed by atoms with van der Waals surface area (Å²) in [6.45, 7) is 0. The van der Waals surface area contributed by atoms with Crippen molar-refractivity contribution in [1.82, 2.24) is 0 Å². The first-order chi connectivity index (χ1) is 41.7. The van der Waals surface area contributed by atoms with Gasteiger partial charge in [0.1, 0.15) is 0 Å². The summed E-state index contributed by atoms with van der Waals surface area (Å²) in [7, 11) is -9.11. The molecule has 13 aromatic carbocycles. The van der Waals surface area contributed by atoms with Gasteiger partial charge in [0.15, 0.2) is 24.2 Å². The van der Waals surface area contributed by atoms with Gasteiger partial charge in [0, 0.05) is 51.2 Å². The van der Waals surface area contributed by atoms with Crippen LogP contribution in [0.5, 0.6) is 0 Å². The van der Waals surface area contributed by atoms with Gasteiger partial charge in [-0.2, -0.15) is 0 Å². The summed E-state index contributed by atoms with van der Waals surface area (Å²) in [4.78, 5) is 7.73. The lowest BCUT2D eigenvalue weighted by Crippen LogP contribution is -2.77. The third-order valence-electron chi connectivity index (χ3n) is 18.2. The molecule has 0 amide bonds. The van der Waals surface area contributed by atoms with Gasteiger partial charge in [0.2, 0.25) is 0 Å². The minimum Gasteiger partial charge on any atom is -0.311 e. The molecule has 84 heavy (non-hydrogen) atoms. The molecule has 0 aromatic heterocycles. The lowest BCUT2D eigenvalue weighted by molar-refractivity contribution is 1.25. The highest BCUT2D eigenvalue weighted by Crippen LogP contribution is 2.45. The number of benzene rings is 13. The third kappa shape index (κ3) is 7.21. The van der Waals surface area contributed by atoms with Gasteiger partial charge in [-0.05, 0) is 135 Å². The first-order valence-corrected chi connectivity index (χ1v) is 35.2. The average molecular weight is 1120 g/mol. The lowest BCUT2D eigenvalue weighted by Gasteiger charge is -2.48. The number of hydrogen-bond acceptors (Lipinski definition) is 3. The summed E-state index contributed by atoms with van der Waals surface area (Å²) in [6, 6.07) is 131. The molecule has 0 N–H and O–H groups in total. The van der Waals surface area contributed by atoms with Crippen molar-refractivity contribution in [2.75, 3.05) is 14.7 Å². The highest BCUT2D eigenvalue weighted by Gasteiger charge is 2.53. The Morgan fingerprint density at radius 2 is 0.357 bits per heavy atom. The van der Waals surface area contributed by atoms with E-state index in [2.05, 4.69) is 360 Å². The summed E-state index contributed by atoms with van der Waals surface area (Å²) >= 11 is 0. The van der Waals surface area contributed by atoms with E-state index in [1.807, 2.05) is 0 Å². The predicted octanol–water partition coefficient (Wildman–Crippen LogP) is 11.2. The molecule has 0 spiro atoms. The second-order valence-corrected chi connectivity index (χ2v) is 33.5. The number of para-hydroxylation sites is 5. The second-order valence-electron chi connectivity index (χ2n) is 22.3. The molecule has 3 aliphatic heterocycles. The van der Waals surface area contributed by atoms with Crippen LogP contribution in [-0.4, -0.2) is 24.2 Å². The molecular formula is C78H57N3Si3. The molecule has 0 fully saturated rings. The van der Waals surface area contributed by atoms with Crippen LogP contribution in [0.2, 0.25) is 0 Å². The zero-order valence-corrected chi connectivity index (χ0v) is 49.3. The monoisotopic (exact) mass is 1120 g/mol. The molecule has 16 rings (SSSR count). The molecule has 6 heteroatoms. The molecule has 0 radical (unpaired) electrons. The molecule has 0 aliphatic carbocycles. The number of nitrogens with zero attached hydrogens (tertiary/aromatic N) is 3. The van der Waals surface area contributed by atoms with Gasteiger partial charge in [-0.15, -0.1) is 0 Å². The van der Waals surface area contributed by atoms with E-state index in [1.54, 1.807) is 0 Å². The van der Waals surface area contributed by atoms with Crippen LogP contribution >= 0.6 is 0 Å². The Labute approximate surface area is 495 Å². The topological polar surface area (TPSA) is 9.72 Å². The molecule has 0 saturated heterocycles. The molecule has 13 aromatic rings. The van der Waals surface area contributed by atoms with Crippen LogP contribution < -0.4 is 76.9 Å². The van der Waals surface area contributed by atoms with Crippen LogP contribution in [0.4, 0.5) is 51.2 Å². The maximum absolute atomic E-state index is 3.35. The zero-order chi connectivity index (χ0) is 55.7. The standard InChI is InChI=1S/C78H57N3Si3/c1-8-30-58(31-9-1)79-71-54-52-59(80-67-44-22-26-48-73(67)82(61-32-10-2-11-33-61,62-34-12-3-13-35-62)74-49-27-23-45-68(74)80)56-77(71)84(65-40-18-6-19-41-65,66-42-20-7-21-43-66)78-57-60(53-55-72(78)79)81-69-46-24-28-50-75(69)83(63-36-14-4-15-37-63,64-38-16-5-17-39-64)76-51-29-25-47-70(76)81/h1-57H. The molecule has 0 atom stereocenters. The van der Waals surface area contributed by atoms with E-state index in [0.29, 0.717) is 0 Å². The number of rotatable bonds is 9. The molecule has 0 saturated carbocycles. The zero-order valence-electron chi connectivity index (χ0n) is 46.3. The lowest BCUT2D eigenvalue weighted by atomic mass is 10.1.